The van der Waals surface area contributed by atoms with Gasteiger partial charge in [-0.3, -0.25) is 14.4 Å². The molecule has 0 radical (unpaired) electrons. The number of nitrogens with zero attached hydrogens (tertiary/aromatic N) is 4. The van der Waals surface area contributed by atoms with Crippen LogP contribution in [0.5, 0.6) is 0 Å². The van der Waals surface area contributed by atoms with Gasteiger partial charge >= 0.3 is 0 Å². The van der Waals surface area contributed by atoms with Crippen LogP contribution >= 0.6 is 27.7 Å². The average molecular weight is 608 g/mol. The average Bonchev–Trinajstić information content (AvgIpc) is 3.63. The van der Waals surface area contributed by atoms with Crippen LogP contribution in [0.4, 0.5) is 0 Å². The molecule has 5 rings (SSSR count). The molecular weight excluding hydrogens is 572 g/mol. The Morgan fingerprint density at radius 1 is 1.18 bits per heavy atom. The Hall–Kier alpha value is -2.18. The lowest BCUT2D eigenvalue weighted by Crippen LogP contribution is -2.55. The van der Waals surface area contributed by atoms with E-state index in [0.717, 1.165) is 43.1 Å². The van der Waals surface area contributed by atoms with Crippen LogP contribution in [0, 0.1) is 11.8 Å². The van der Waals surface area contributed by atoms with Crippen molar-refractivity contribution in [2.45, 2.75) is 73.0 Å². The van der Waals surface area contributed by atoms with Crippen LogP contribution in [0.2, 0.25) is 0 Å². The predicted molar refractivity (Wildman–Crippen MR) is 148 cm³/mol. The van der Waals surface area contributed by atoms with Gasteiger partial charge in [0.15, 0.2) is 0 Å². The summed E-state index contributed by atoms with van der Waals surface area (Å²) in [5.74, 6) is -1.40. The highest BCUT2D eigenvalue weighted by molar-refractivity contribution is 9.09. The number of benzene rings is 1. The molecule has 4 heterocycles. The number of thioether (sulfide) groups is 1. The van der Waals surface area contributed by atoms with Gasteiger partial charge < -0.3 is 20.6 Å². The van der Waals surface area contributed by atoms with Crippen LogP contribution in [0.3, 0.4) is 0 Å². The smallest absolute Gasteiger partial charge is 0.245 e. The third-order valence-electron chi connectivity index (χ3n) is 8.02. The SMILES string of the molecule is CCCNC(=O)[C@H]1[C@H]2C(=O)N(CCCCCCO)C(C(=O)NCn3nnc4ccccc43)C23CC(Br)[C@@H]1S3. The molecule has 3 unspecified atom stereocenters. The highest BCUT2D eigenvalue weighted by atomic mass is 79.9. The third-order valence-corrected chi connectivity index (χ3v) is 11.2. The summed E-state index contributed by atoms with van der Waals surface area (Å²) in [7, 11) is 0. The van der Waals surface area contributed by atoms with E-state index >= 15 is 0 Å². The van der Waals surface area contributed by atoms with Gasteiger partial charge in [0.25, 0.3) is 0 Å². The van der Waals surface area contributed by atoms with Gasteiger partial charge in [0.05, 0.1) is 22.1 Å². The number of carbonyl (C=O) groups excluding carboxylic acids is 3. The standard InChI is InChI=1S/C26H35BrN6O4S/c1-2-11-28-23(35)19-20-25(37)32(12-7-3-4-8-13-34)22(26(20)14-16(27)21(19)38-26)24(36)29-15-33-18-10-6-5-9-17(18)30-31-33/h5-6,9-10,16,19-22,34H,2-4,7-8,11-15H2,1H3,(H,28,35)(H,29,36)/t16?,19-,20-,21-,22?,26?/m0/s1. The van der Waals surface area contributed by atoms with E-state index < -0.39 is 22.6 Å². The Bertz CT molecular complexity index is 1200. The van der Waals surface area contributed by atoms with Gasteiger partial charge in [-0.1, -0.05) is 53.0 Å². The minimum atomic E-state index is -0.674. The van der Waals surface area contributed by atoms with Crippen molar-refractivity contribution >= 4 is 56.4 Å². The molecule has 10 nitrogen and oxygen atoms in total. The molecule has 206 valence electrons. The first-order valence-corrected chi connectivity index (χ1v) is 15.3. The first-order chi connectivity index (χ1) is 18.4. The van der Waals surface area contributed by atoms with Crippen LogP contribution in [0.1, 0.15) is 45.4 Å². The number of para-hydroxylation sites is 1. The zero-order chi connectivity index (χ0) is 26.9. The van der Waals surface area contributed by atoms with Gasteiger partial charge in [-0.15, -0.1) is 16.9 Å². The predicted octanol–water partition coefficient (Wildman–Crippen LogP) is 2.05. The summed E-state index contributed by atoms with van der Waals surface area (Å²) < 4.78 is 0.982. The van der Waals surface area contributed by atoms with E-state index in [1.807, 2.05) is 31.2 Å². The van der Waals surface area contributed by atoms with Crippen LogP contribution in [0.25, 0.3) is 11.0 Å². The van der Waals surface area contributed by atoms with Gasteiger partial charge in [0.1, 0.15) is 18.2 Å². The lowest BCUT2D eigenvalue weighted by Gasteiger charge is -2.35. The van der Waals surface area contributed by atoms with Crippen molar-refractivity contribution in [2.75, 3.05) is 19.7 Å². The van der Waals surface area contributed by atoms with Crippen molar-refractivity contribution in [2.24, 2.45) is 11.8 Å². The summed E-state index contributed by atoms with van der Waals surface area (Å²) in [6, 6.07) is 6.88. The van der Waals surface area contributed by atoms with E-state index in [4.69, 9.17) is 5.11 Å². The molecule has 3 amide bonds. The fraction of sp³-hybridized carbons (Fsp3) is 0.654. The molecule has 3 saturated heterocycles. The second-order valence-electron chi connectivity index (χ2n) is 10.4. The monoisotopic (exact) mass is 606 g/mol. The lowest BCUT2D eigenvalue weighted by molar-refractivity contribution is -0.140. The molecule has 3 aliphatic heterocycles. The van der Waals surface area contributed by atoms with Crippen molar-refractivity contribution in [1.29, 1.82) is 0 Å². The molecular formula is C26H35BrN6O4S. The quantitative estimate of drug-likeness (QED) is 0.249. The zero-order valence-electron chi connectivity index (χ0n) is 21.5. The van der Waals surface area contributed by atoms with Gasteiger partial charge in [-0.2, -0.15) is 0 Å². The van der Waals surface area contributed by atoms with E-state index in [1.54, 1.807) is 21.3 Å². The van der Waals surface area contributed by atoms with Crippen molar-refractivity contribution < 1.29 is 19.5 Å². The first-order valence-electron chi connectivity index (χ1n) is 13.5. The molecule has 3 fully saturated rings. The molecule has 38 heavy (non-hydrogen) atoms. The van der Waals surface area contributed by atoms with Gasteiger partial charge in [-0.25, -0.2) is 4.68 Å². The van der Waals surface area contributed by atoms with E-state index in [2.05, 4.69) is 36.9 Å². The number of amides is 3. The molecule has 3 N–H and O–H groups in total. The number of aromatic nitrogens is 3. The number of hydrogen-bond acceptors (Lipinski definition) is 7. The van der Waals surface area contributed by atoms with Crippen molar-refractivity contribution in [3.8, 4) is 0 Å². The second-order valence-corrected chi connectivity index (χ2v) is 13.1. The highest BCUT2D eigenvalue weighted by Crippen LogP contribution is 2.67. The second kappa shape index (κ2) is 11.5. The normalized spacial score (nSPS) is 29.7. The lowest BCUT2D eigenvalue weighted by atomic mass is 9.70. The summed E-state index contributed by atoms with van der Waals surface area (Å²) in [5, 5.41) is 23.4. The largest absolute Gasteiger partial charge is 0.396 e. The summed E-state index contributed by atoms with van der Waals surface area (Å²) in [6.07, 6.45) is 4.66. The number of aliphatic hydroxyl groups excluding tert-OH is 1. The molecule has 3 aliphatic rings. The molecule has 6 atom stereocenters. The van der Waals surface area contributed by atoms with Gasteiger partial charge in [-0.05, 0) is 37.8 Å². The molecule has 1 aromatic heterocycles. The number of carbonyl (C=O) groups is 3. The van der Waals surface area contributed by atoms with Crippen molar-refractivity contribution in [1.82, 2.24) is 30.5 Å². The Balaban J connectivity index is 1.40. The third kappa shape index (κ3) is 4.72. The topological polar surface area (TPSA) is 129 Å². The maximum absolute atomic E-state index is 14.0. The van der Waals surface area contributed by atoms with Gasteiger partial charge in [0, 0.05) is 29.8 Å². The van der Waals surface area contributed by atoms with Crippen molar-refractivity contribution in [3.63, 3.8) is 0 Å². The van der Waals surface area contributed by atoms with E-state index in [1.165, 1.54) is 0 Å². The maximum Gasteiger partial charge on any atom is 0.245 e. The number of rotatable bonds is 12. The minimum Gasteiger partial charge on any atom is -0.396 e. The molecule has 2 bridgehead atoms. The Labute approximate surface area is 234 Å². The summed E-state index contributed by atoms with van der Waals surface area (Å²) >= 11 is 5.44. The number of unbranched alkanes of at least 4 members (excludes halogenated alkanes) is 3. The maximum atomic E-state index is 14.0. The fourth-order valence-corrected chi connectivity index (χ4v) is 9.98. The van der Waals surface area contributed by atoms with Crippen LogP contribution in [-0.2, 0) is 21.1 Å². The number of aliphatic hydroxyl groups is 1. The Morgan fingerprint density at radius 3 is 2.76 bits per heavy atom. The summed E-state index contributed by atoms with van der Waals surface area (Å²) in [4.78, 5) is 43.0. The molecule has 0 saturated carbocycles. The summed E-state index contributed by atoms with van der Waals surface area (Å²) in [5.41, 5.74) is 1.56. The fourth-order valence-electron chi connectivity index (χ4n) is 6.37. The van der Waals surface area contributed by atoms with E-state index in [0.29, 0.717) is 19.5 Å². The molecule has 0 aliphatic carbocycles. The van der Waals surface area contributed by atoms with Crippen LogP contribution in [0.15, 0.2) is 24.3 Å². The number of hydrogen-bond donors (Lipinski definition) is 3. The van der Waals surface area contributed by atoms with E-state index in [-0.39, 0.29) is 41.1 Å². The number of likely N-dealkylation sites (tertiary alicyclic amines) is 1. The number of alkyl halides is 1. The number of halogens is 1. The number of fused-ring (bicyclic) bond motifs is 2. The van der Waals surface area contributed by atoms with E-state index in [9.17, 15) is 14.4 Å². The number of nitrogens with one attached hydrogen (secondary N) is 2. The zero-order valence-corrected chi connectivity index (χ0v) is 23.9. The molecule has 1 aromatic carbocycles. The van der Waals surface area contributed by atoms with Crippen molar-refractivity contribution in [3.05, 3.63) is 24.3 Å². The minimum absolute atomic E-state index is 0.0491. The molecule has 12 heteroatoms. The molecule has 2 aromatic rings. The summed E-state index contributed by atoms with van der Waals surface area (Å²) in [6.45, 7) is 3.31. The van der Waals surface area contributed by atoms with Crippen LogP contribution in [-0.4, -0.2) is 83.3 Å². The molecule has 1 spiro atoms. The first kappa shape index (κ1) is 27.4. The van der Waals surface area contributed by atoms with Gasteiger partial charge in [0.2, 0.25) is 17.7 Å². The van der Waals surface area contributed by atoms with Crippen LogP contribution < -0.4 is 10.6 Å². The Kier molecular flexibility index (Phi) is 8.30. The Morgan fingerprint density at radius 2 is 1.97 bits per heavy atom. The highest BCUT2D eigenvalue weighted by Gasteiger charge is 2.75.